The smallest absolute Gasteiger partial charge is 0.335 e. The first-order chi connectivity index (χ1) is 7.41. The molecule has 0 radical (unpaired) electrons. The maximum Gasteiger partial charge on any atom is 0.335 e. The Hall–Kier alpha value is -1.84. The van der Waals surface area contributed by atoms with Crippen LogP contribution in [0.25, 0.3) is 0 Å². The highest BCUT2D eigenvalue weighted by Crippen LogP contribution is 2.15. The van der Waals surface area contributed by atoms with E-state index >= 15 is 0 Å². The van der Waals surface area contributed by atoms with Gasteiger partial charge in [-0.2, -0.15) is 0 Å². The van der Waals surface area contributed by atoms with Gasteiger partial charge in [0.15, 0.2) is 0 Å². The largest absolute Gasteiger partial charge is 0.481 e. The topological polar surface area (TPSA) is 74.6 Å². The van der Waals surface area contributed by atoms with Crippen molar-refractivity contribution in [2.75, 3.05) is 0 Å². The summed E-state index contributed by atoms with van der Waals surface area (Å²) < 4.78 is 0. The number of aryl methyl sites for hydroxylation is 1. The zero-order valence-electron chi connectivity index (χ0n) is 9.23. The molecule has 4 nitrogen and oxygen atoms in total. The Morgan fingerprint density at radius 2 is 1.94 bits per heavy atom. The van der Waals surface area contributed by atoms with Crippen molar-refractivity contribution in [1.82, 2.24) is 0 Å². The van der Waals surface area contributed by atoms with Gasteiger partial charge in [0.05, 0.1) is 11.5 Å². The summed E-state index contributed by atoms with van der Waals surface area (Å²) in [4.78, 5) is 21.6. The van der Waals surface area contributed by atoms with Crippen LogP contribution in [0.1, 0.15) is 28.4 Å². The third kappa shape index (κ3) is 2.82. The lowest BCUT2D eigenvalue weighted by molar-refractivity contribution is -0.141. The lowest BCUT2D eigenvalue weighted by Gasteiger charge is -2.08. The van der Waals surface area contributed by atoms with E-state index in [0.717, 1.165) is 5.56 Å². The summed E-state index contributed by atoms with van der Waals surface area (Å²) in [7, 11) is 0. The molecular weight excluding hydrogens is 208 g/mol. The van der Waals surface area contributed by atoms with E-state index < -0.39 is 17.9 Å². The summed E-state index contributed by atoms with van der Waals surface area (Å²) in [6, 6.07) is 5.01. The van der Waals surface area contributed by atoms with Gasteiger partial charge in [-0.25, -0.2) is 4.79 Å². The van der Waals surface area contributed by atoms with Gasteiger partial charge in [-0.05, 0) is 30.5 Å². The molecule has 0 heterocycles. The quantitative estimate of drug-likeness (QED) is 0.816. The van der Waals surface area contributed by atoms with Gasteiger partial charge in [0.2, 0.25) is 0 Å². The van der Waals surface area contributed by atoms with Crippen LogP contribution >= 0.6 is 0 Å². The molecule has 0 aliphatic rings. The van der Waals surface area contributed by atoms with Crippen molar-refractivity contribution in [3.05, 3.63) is 34.9 Å². The Morgan fingerprint density at radius 3 is 2.44 bits per heavy atom. The third-order valence-corrected chi connectivity index (χ3v) is 2.50. The van der Waals surface area contributed by atoms with E-state index in [1.54, 1.807) is 26.0 Å². The molecule has 1 aromatic rings. The van der Waals surface area contributed by atoms with Crippen LogP contribution in [-0.2, 0) is 11.2 Å². The molecule has 1 atom stereocenters. The Labute approximate surface area is 93.5 Å². The maximum absolute atomic E-state index is 10.9. The SMILES string of the molecule is Cc1ccc(CC(C)C(=O)O)cc1C(=O)O. The van der Waals surface area contributed by atoms with Crippen LogP contribution in [-0.4, -0.2) is 22.2 Å². The monoisotopic (exact) mass is 222 g/mol. The van der Waals surface area contributed by atoms with Crippen LogP contribution in [0.15, 0.2) is 18.2 Å². The highest BCUT2D eigenvalue weighted by molar-refractivity contribution is 5.89. The fourth-order valence-electron chi connectivity index (χ4n) is 1.47. The first-order valence-corrected chi connectivity index (χ1v) is 4.97. The Kier molecular flexibility index (Phi) is 3.66. The summed E-state index contributed by atoms with van der Waals surface area (Å²) in [5.74, 6) is -2.37. The molecule has 0 aromatic heterocycles. The summed E-state index contributed by atoms with van der Waals surface area (Å²) in [5.41, 5.74) is 1.65. The van der Waals surface area contributed by atoms with E-state index in [0.29, 0.717) is 12.0 Å². The fourth-order valence-corrected chi connectivity index (χ4v) is 1.47. The molecule has 0 fully saturated rings. The molecule has 0 spiro atoms. The van der Waals surface area contributed by atoms with Crippen LogP contribution < -0.4 is 0 Å². The van der Waals surface area contributed by atoms with Crippen LogP contribution in [0, 0.1) is 12.8 Å². The molecule has 1 aromatic carbocycles. The van der Waals surface area contributed by atoms with E-state index in [-0.39, 0.29) is 5.56 Å². The van der Waals surface area contributed by atoms with E-state index in [4.69, 9.17) is 10.2 Å². The predicted molar refractivity (Wildman–Crippen MR) is 58.6 cm³/mol. The molecular formula is C12H14O4. The molecule has 0 aliphatic heterocycles. The minimum Gasteiger partial charge on any atom is -0.481 e. The standard InChI is InChI=1S/C12H14O4/c1-7-3-4-9(5-8(2)11(13)14)6-10(7)12(15)16/h3-4,6,8H,5H2,1-2H3,(H,13,14)(H,15,16). The van der Waals surface area contributed by atoms with Gasteiger partial charge < -0.3 is 10.2 Å². The van der Waals surface area contributed by atoms with Crippen molar-refractivity contribution in [2.24, 2.45) is 5.92 Å². The summed E-state index contributed by atoms with van der Waals surface area (Å²) in [6.45, 7) is 3.32. The van der Waals surface area contributed by atoms with Crippen molar-refractivity contribution in [3.8, 4) is 0 Å². The number of carboxylic acid groups (broad SMARTS) is 2. The molecule has 0 saturated carbocycles. The number of hydrogen-bond acceptors (Lipinski definition) is 2. The maximum atomic E-state index is 10.9. The Morgan fingerprint density at radius 1 is 1.31 bits per heavy atom. The number of aromatic carboxylic acids is 1. The minimum atomic E-state index is -0.984. The van der Waals surface area contributed by atoms with Gasteiger partial charge in [-0.1, -0.05) is 19.1 Å². The van der Waals surface area contributed by atoms with Gasteiger partial charge in [-0.3, -0.25) is 4.79 Å². The molecule has 0 amide bonds. The van der Waals surface area contributed by atoms with E-state index in [1.165, 1.54) is 6.07 Å². The number of hydrogen-bond donors (Lipinski definition) is 2. The van der Waals surface area contributed by atoms with Crippen LogP contribution in [0.5, 0.6) is 0 Å². The number of rotatable bonds is 4. The van der Waals surface area contributed by atoms with Crippen molar-refractivity contribution in [1.29, 1.82) is 0 Å². The first-order valence-electron chi connectivity index (χ1n) is 4.97. The molecule has 0 aliphatic carbocycles. The number of aliphatic carboxylic acids is 1. The second-order valence-corrected chi connectivity index (χ2v) is 3.90. The van der Waals surface area contributed by atoms with Gasteiger partial charge in [0, 0.05) is 0 Å². The zero-order valence-corrected chi connectivity index (χ0v) is 9.23. The third-order valence-electron chi connectivity index (χ3n) is 2.50. The summed E-state index contributed by atoms with van der Waals surface area (Å²) in [6.07, 6.45) is 0.343. The normalized spacial score (nSPS) is 12.1. The lowest BCUT2D eigenvalue weighted by Crippen LogP contribution is -2.12. The summed E-state index contributed by atoms with van der Waals surface area (Å²) >= 11 is 0. The van der Waals surface area contributed by atoms with Gasteiger partial charge in [-0.15, -0.1) is 0 Å². The average Bonchev–Trinajstić information content (AvgIpc) is 2.20. The first kappa shape index (κ1) is 12.2. The van der Waals surface area contributed by atoms with Gasteiger partial charge in [0.25, 0.3) is 0 Å². The van der Waals surface area contributed by atoms with Crippen molar-refractivity contribution in [3.63, 3.8) is 0 Å². The van der Waals surface area contributed by atoms with Crippen LogP contribution in [0.4, 0.5) is 0 Å². The van der Waals surface area contributed by atoms with Crippen molar-refractivity contribution >= 4 is 11.9 Å². The minimum absolute atomic E-state index is 0.232. The van der Waals surface area contributed by atoms with E-state index in [9.17, 15) is 9.59 Å². The second-order valence-electron chi connectivity index (χ2n) is 3.90. The Balaban J connectivity index is 2.95. The van der Waals surface area contributed by atoms with Crippen molar-refractivity contribution < 1.29 is 19.8 Å². The van der Waals surface area contributed by atoms with Gasteiger partial charge in [0.1, 0.15) is 0 Å². The molecule has 1 rings (SSSR count). The average molecular weight is 222 g/mol. The van der Waals surface area contributed by atoms with E-state index in [2.05, 4.69) is 0 Å². The molecule has 4 heteroatoms. The second kappa shape index (κ2) is 4.79. The van der Waals surface area contributed by atoms with Crippen LogP contribution in [0.2, 0.25) is 0 Å². The lowest BCUT2D eigenvalue weighted by atomic mass is 9.97. The Bertz CT molecular complexity index is 423. The molecule has 16 heavy (non-hydrogen) atoms. The summed E-state index contributed by atoms with van der Waals surface area (Å²) in [5, 5.41) is 17.7. The number of carbonyl (C=O) groups is 2. The number of benzene rings is 1. The molecule has 0 bridgehead atoms. The van der Waals surface area contributed by atoms with Gasteiger partial charge >= 0.3 is 11.9 Å². The highest BCUT2D eigenvalue weighted by atomic mass is 16.4. The molecule has 0 saturated heterocycles. The van der Waals surface area contributed by atoms with E-state index in [1.807, 2.05) is 0 Å². The molecule has 2 N–H and O–H groups in total. The molecule has 1 unspecified atom stereocenters. The molecule has 86 valence electrons. The highest BCUT2D eigenvalue weighted by Gasteiger charge is 2.13. The van der Waals surface area contributed by atoms with Crippen molar-refractivity contribution in [2.45, 2.75) is 20.3 Å². The predicted octanol–water partition coefficient (Wildman–Crippen LogP) is 1.96. The van der Waals surface area contributed by atoms with Crippen LogP contribution in [0.3, 0.4) is 0 Å². The number of carboxylic acids is 2. The zero-order chi connectivity index (χ0) is 12.3. The fraction of sp³-hybridized carbons (Fsp3) is 0.333.